The van der Waals surface area contributed by atoms with E-state index in [-0.39, 0.29) is 0 Å². The first kappa shape index (κ1) is 9.18. The van der Waals surface area contributed by atoms with Crippen LogP contribution in [0.2, 0.25) is 0 Å². The molecule has 1 aromatic heterocycles. The molecule has 1 aromatic rings. The Balaban J connectivity index is 1.82. The first-order valence-corrected chi connectivity index (χ1v) is 4.97. The van der Waals surface area contributed by atoms with E-state index in [1.807, 2.05) is 7.05 Å². The standard InChI is InChI=1S/C9H15N5/c1-14-9(11-12-13-14)10-7-8-5-3-2-4-6-8/h2-3,8H,4-7H2,1H3,(H,10,11,13). The number of nitrogens with zero attached hydrogens (tertiary/aromatic N) is 4. The zero-order valence-electron chi connectivity index (χ0n) is 8.35. The summed E-state index contributed by atoms with van der Waals surface area (Å²) < 4.78 is 1.65. The molecule has 1 aliphatic rings. The maximum Gasteiger partial charge on any atom is 0.242 e. The summed E-state index contributed by atoms with van der Waals surface area (Å²) >= 11 is 0. The van der Waals surface area contributed by atoms with E-state index in [1.54, 1.807) is 4.68 Å². The highest BCUT2D eigenvalue weighted by Gasteiger charge is 2.10. The van der Waals surface area contributed by atoms with Crippen molar-refractivity contribution in [2.45, 2.75) is 19.3 Å². The first-order valence-electron chi connectivity index (χ1n) is 4.97. The molecule has 0 aliphatic heterocycles. The van der Waals surface area contributed by atoms with Crippen molar-refractivity contribution in [3.8, 4) is 0 Å². The first-order chi connectivity index (χ1) is 6.86. The van der Waals surface area contributed by atoms with Gasteiger partial charge in [-0.1, -0.05) is 17.3 Å². The van der Waals surface area contributed by atoms with Crippen LogP contribution in [0.3, 0.4) is 0 Å². The predicted molar refractivity (Wildman–Crippen MR) is 53.8 cm³/mol. The fourth-order valence-corrected chi connectivity index (χ4v) is 1.66. The van der Waals surface area contributed by atoms with Gasteiger partial charge in [-0.2, -0.15) is 0 Å². The van der Waals surface area contributed by atoms with Gasteiger partial charge in [0.2, 0.25) is 5.95 Å². The molecule has 0 radical (unpaired) electrons. The molecule has 0 spiro atoms. The Hall–Kier alpha value is -1.39. The number of aryl methyl sites for hydroxylation is 1. The molecule has 76 valence electrons. The summed E-state index contributed by atoms with van der Waals surface area (Å²) in [6.07, 6.45) is 8.13. The average Bonchev–Trinajstić information content (AvgIpc) is 2.63. The van der Waals surface area contributed by atoms with Gasteiger partial charge in [-0.05, 0) is 35.6 Å². The van der Waals surface area contributed by atoms with E-state index in [1.165, 1.54) is 12.8 Å². The lowest BCUT2D eigenvalue weighted by Gasteiger charge is -2.17. The van der Waals surface area contributed by atoms with E-state index >= 15 is 0 Å². The van der Waals surface area contributed by atoms with Gasteiger partial charge in [-0.15, -0.1) is 0 Å². The quantitative estimate of drug-likeness (QED) is 0.727. The summed E-state index contributed by atoms with van der Waals surface area (Å²) in [6.45, 7) is 0.957. The SMILES string of the molecule is Cn1nnnc1NCC1CC=CCC1. The van der Waals surface area contributed by atoms with E-state index < -0.39 is 0 Å². The summed E-state index contributed by atoms with van der Waals surface area (Å²) in [5.74, 6) is 1.47. The van der Waals surface area contributed by atoms with Gasteiger partial charge in [0.25, 0.3) is 0 Å². The molecule has 14 heavy (non-hydrogen) atoms. The van der Waals surface area contributed by atoms with Crippen LogP contribution in [0.5, 0.6) is 0 Å². The molecule has 0 fully saturated rings. The fourth-order valence-electron chi connectivity index (χ4n) is 1.66. The number of anilines is 1. The number of tetrazole rings is 1. The zero-order chi connectivity index (χ0) is 9.80. The molecule has 0 aromatic carbocycles. The molecule has 0 bridgehead atoms. The van der Waals surface area contributed by atoms with E-state index in [0.29, 0.717) is 0 Å². The van der Waals surface area contributed by atoms with E-state index in [9.17, 15) is 0 Å². The Labute approximate surface area is 83.2 Å². The number of aromatic nitrogens is 4. The number of allylic oxidation sites excluding steroid dienone is 2. The molecule has 1 atom stereocenters. The lowest BCUT2D eigenvalue weighted by atomic mass is 9.94. The lowest BCUT2D eigenvalue weighted by molar-refractivity contribution is 0.501. The highest BCUT2D eigenvalue weighted by atomic mass is 15.6. The number of nitrogens with one attached hydrogen (secondary N) is 1. The largest absolute Gasteiger partial charge is 0.353 e. The minimum Gasteiger partial charge on any atom is -0.353 e. The molecular formula is C9H15N5. The predicted octanol–water partition coefficient (Wildman–Crippen LogP) is 0.978. The summed E-state index contributed by atoms with van der Waals surface area (Å²) in [6, 6.07) is 0. The van der Waals surface area contributed by atoms with Crippen LogP contribution in [0, 0.1) is 5.92 Å². The highest BCUT2D eigenvalue weighted by molar-refractivity contribution is 5.20. The third kappa shape index (κ3) is 2.10. The number of hydrogen-bond acceptors (Lipinski definition) is 4. The molecule has 5 nitrogen and oxygen atoms in total. The molecule has 1 heterocycles. The van der Waals surface area contributed by atoms with Crippen LogP contribution in [0.4, 0.5) is 5.95 Å². The van der Waals surface area contributed by atoms with Gasteiger partial charge in [0.1, 0.15) is 0 Å². The summed E-state index contributed by atoms with van der Waals surface area (Å²) in [5.41, 5.74) is 0. The Morgan fingerprint density at radius 2 is 2.50 bits per heavy atom. The molecule has 0 saturated carbocycles. The van der Waals surface area contributed by atoms with E-state index in [4.69, 9.17) is 0 Å². The minimum atomic E-state index is 0.719. The summed E-state index contributed by atoms with van der Waals surface area (Å²) in [4.78, 5) is 0. The average molecular weight is 193 g/mol. The Morgan fingerprint density at radius 3 is 3.14 bits per heavy atom. The smallest absolute Gasteiger partial charge is 0.242 e. The van der Waals surface area contributed by atoms with Gasteiger partial charge in [0.05, 0.1) is 0 Å². The van der Waals surface area contributed by atoms with Crippen molar-refractivity contribution in [2.75, 3.05) is 11.9 Å². The van der Waals surface area contributed by atoms with Gasteiger partial charge in [-0.3, -0.25) is 0 Å². The van der Waals surface area contributed by atoms with Crippen LogP contribution in [-0.2, 0) is 7.05 Å². The van der Waals surface area contributed by atoms with Gasteiger partial charge >= 0.3 is 0 Å². The zero-order valence-corrected chi connectivity index (χ0v) is 8.35. The van der Waals surface area contributed by atoms with Gasteiger partial charge in [-0.25, -0.2) is 4.68 Å². The van der Waals surface area contributed by atoms with E-state index in [2.05, 4.69) is 33.0 Å². The molecule has 1 aliphatic carbocycles. The van der Waals surface area contributed by atoms with Crippen LogP contribution in [0.1, 0.15) is 19.3 Å². The lowest BCUT2D eigenvalue weighted by Crippen LogP contribution is -2.17. The van der Waals surface area contributed by atoms with Gasteiger partial charge < -0.3 is 5.32 Å². The number of rotatable bonds is 3. The normalized spacial score (nSPS) is 21.1. The van der Waals surface area contributed by atoms with Crippen LogP contribution in [0.15, 0.2) is 12.2 Å². The van der Waals surface area contributed by atoms with Crippen molar-refractivity contribution in [1.82, 2.24) is 20.2 Å². The Morgan fingerprint density at radius 1 is 1.57 bits per heavy atom. The van der Waals surface area contributed by atoms with Crippen LogP contribution in [0.25, 0.3) is 0 Å². The van der Waals surface area contributed by atoms with Crippen molar-refractivity contribution >= 4 is 5.95 Å². The fraction of sp³-hybridized carbons (Fsp3) is 0.667. The minimum absolute atomic E-state index is 0.719. The monoisotopic (exact) mass is 193 g/mol. The summed E-state index contributed by atoms with van der Waals surface area (Å²) in [7, 11) is 1.84. The second-order valence-corrected chi connectivity index (χ2v) is 3.66. The highest BCUT2D eigenvalue weighted by Crippen LogP contribution is 2.17. The molecular weight excluding hydrogens is 178 g/mol. The van der Waals surface area contributed by atoms with E-state index in [0.717, 1.165) is 24.8 Å². The topological polar surface area (TPSA) is 55.6 Å². The molecule has 2 rings (SSSR count). The number of hydrogen-bond donors (Lipinski definition) is 1. The van der Waals surface area contributed by atoms with Crippen LogP contribution in [-0.4, -0.2) is 26.8 Å². The van der Waals surface area contributed by atoms with Crippen molar-refractivity contribution in [3.63, 3.8) is 0 Å². The molecule has 1 unspecified atom stereocenters. The van der Waals surface area contributed by atoms with Gasteiger partial charge in [0.15, 0.2) is 0 Å². The molecule has 1 N–H and O–H groups in total. The van der Waals surface area contributed by atoms with Crippen molar-refractivity contribution in [2.24, 2.45) is 13.0 Å². The van der Waals surface area contributed by atoms with Crippen LogP contribution >= 0.6 is 0 Å². The second-order valence-electron chi connectivity index (χ2n) is 3.66. The maximum atomic E-state index is 3.87. The Kier molecular flexibility index (Phi) is 2.76. The third-order valence-electron chi connectivity index (χ3n) is 2.55. The Bertz CT molecular complexity index is 317. The molecule has 5 heteroatoms. The molecule has 0 amide bonds. The maximum absolute atomic E-state index is 3.87. The van der Waals surface area contributed by atoms with Crippen molar-refractivity contribution in [1.29, 1.82) is 0 Å². The van der Waals surface area contributed by atoms with Crippen molar-refractivity contribution < 1.29 is 0 Å². The second kappa shape index (κ2) is 4.21. The summed E-state index contributed by atoms with van der Waals surface area (Å²) in [5, 5.41) is 14.5. The molecule has 0 saturated heterocycles. The van der Waals surface area contributed by atoms with Gasteiger partial charge in [0, 0.05) is 13.6 Å². The van der Waals surface area contributed by atoms with Crippen LogP contribution < -0.4 is 5.32 Å². The third-order valence-corrected chi connectivity index (χ3v) is 2.55. The van der Waals surface area contributed by atoms with Crippen molar-refractivity contribution in [3.05, 3.63) is 12.2 Å².